The van der Waals surface area contributed by atoms with E-state index in [0.29, 0.717) is 6.61 Å². The summed E-state index contributed by atoms with van der Waals surface area (Å²) < 4.78 is 5.52. The second-order valence-electron chi connectivity index (χ2n) is 7.55. The minimum atomic E-state index is 0.0147. The molecule has 0 aliphatic heterocycles. The smallest absolute Gasteiger partial charge is 0.119 e. The second kappa shape index (κ2) is 9.48. The van der Waals surface area contributed by atoms with Crippen LogP contribution in [0.4, 0.5) is 11.4 Å². The molecule has 0 aliphatic rings. The average molecular weight is 391 g/mol. The maximum absolute atomic E-state index is 8.96. The van der Waals surface area contributed by atoms with Gasteiger partial charge in [-0.15, -0.1) is 0 Å². The van der Waals surface area contributed by atoms with E-state index in [0.717, 1.165) is 5.75 Å². The lowest BCUT2D eigenvalue weighted by Gasteiger charge is -2.22. The first-order chi connectivity index (χ1) is 14.0. The molecule has 152 valence electrons. The van der Waals surface area contributed by atoms with Crippen LogP contribution in [0.2, 0.25) is 0 Å². The minimum Gasteiger partial charge on any atom is -0.491 e. The van der Waals surface area contributed by atoms with Gasteiger partial charge in [0.25, 0.3) is 0 Å². The van der Waals surface area contributed by atoms with Gasteiger partial charge in [-0.1, -0.05) is 36.4 Å². The van der Waals surface area contributed by atoms with Crippen molar-refractivity contribution in [2.75, 3.05) is 51.2 Å². The monoisotopic (exact) mass is 390 g/mol. The van der Waals surface area contributed by atoms with Gasteiger partial charge in [0.1, 0.15) is 12.4 Å². The Hall–Kier alpha value is -2.98. The van der Waals surface area contributed by atoms with Crippen LogP contribution in [0, 0.1) is 0 Å². The molecule has 4 nitrogen and oxygen atoms in total. The van der Waals surface area contributed by atoms with E-state index in [1.54, 1.807) is 0 Å². The molecule has 0 aliphatic carbocycles. The Bertz CT molecular complexity index is 834. The molecule has 0 bridgehead atoms. The third-order valence-electron chi connectivity index (χ3n) is 5.06. The number of hydrogen-bond donors (Lipinski definition) is 1. The number of anilines is 2. The molecule has 0 atom stereocenters. The fourth-order valence-electron chi connectivity index (χ4n) is 3.43. The van der Waals surface area contributed by atoms with Crippen molar-refractivity contribution in [3.8, 4) is 5.75 Å². The molecule has 0 spiro atoms. The van der Waals surface area contributed by atoms with Gasteiger partial charge >= 0.3 is 0 Å². The van der Waals surface area contributed by atoms with E-state index in [1.165, 1.54) is 28.1 Å². The fraction of sp³-hybridized carbons (Fsp3) is 0.280. The highest BCUT2D eigenvalue weighted by molar-refractivity contribution is 5.53. The summed E-state index contributed by atoms with van der Waals surface area (Å²) in [6.45, 7) is 0.321. The van der Waals surface area contributed by atoms with Crippen LogP contribution in [0.15, 0.2) is 72.8 Å². The molecule has 0 heterocycles. The largest absolute Gasteiger partial charge is 0.491 e. The van der Waals surface area contributed by atoms with Crippen molar-refractivity contribution < 1.29 is 9.84 Å². The van der Waals surface area contributed by atoms with Crippen molar-refractivity contribution in [1.82, 2.24) is 0 Å². The molecule has 3 aromatic carbocycles. The summed E-state index contributed by atoms with van der Waals surface area (Å²) in [4.78, 5) is 4.22. The number of hydrogen-bond acceptors (Lipinski definition) is 4. The van der Waals surface area contributed by atoms with Gasteiger partial charge in [0, 0.05) is 45.5 Å². The van der Waals surface area contributed by atoms with Crippen LogP contribution in [-0.2, 0) is 0 Å². The van der Waals surface area contributed by atoms with Crippen LogP contribution >= 0.6 is 0 Å². The summed E-state index contributed by atoms with van der Waals surface area (Å²) in [6, 6.07) is 25.6. The molecule has 0 unspecified atom stereocenters. The predicted molar refractivity (Wildman–Crippen MR) is 122 cm³/mol. The molecule has 0 saturated carbocycles. The highest BCUT2D eigenvalue weighted by Gasteiger charge is 2.17. The van der Waals surface area contributed by atoms with E-state index in [9.17, 15) is 0 Å². The Kier molecular flexibility index (Phi) is 6.78. The molecule has 0 aromatic heterocycles. The van der Waals surface area contributed by atoms with Gasteiger partial charge in [-0.05, 0) is 53.1 Å². The zero-order chi connectivity index (χ0) is 20.8. The number of ether oxygens (including phenoxy) is 1. The third kappa shape index (κ3) is 5.09. The van der Waals surface area contributed by atoms with Crippen molar-refractivity contribution >= 4 is 11.4 Å². The molecule has 29 heavy (non-hydrogen) atoms. The first-order valence-corrected chi connectivity index (χ1v) is 9.88. The Morgan fingerprint density at radius 3 is 1.38 bits per heavy atom. The normalized spacial score (nSPS) is 10.8. The van der Waals surface area contributed by atoms with Gasteiger partial charge in [0.2, 0.25) is 0 Å². The van der Waals surface area contributed by atoms with Gasteiger partial charge in [-0.3, -0.25) is 0 Å². The van der Waals surface area contributed by atoms with Crippen LogP contribution in [0.25, 0.3) is 0 Å². The average Bonchev–Trinajstić information content (AvgIpc) is 2.74. The zero-order valence-corrected chi connectivity index (χ0v) is 17.7. The van der Waals surface area contributed by atoms with E-state index >= 15 is 0 Å². The molecule has 3 aromatic rings. The number of aliphatic hydroxyl groups is 1. The van der Waals surface area contributed by atoms with E-state index in [4.69, 9.17) is 9.84 Å². The van der Waals surface area contributed by atoms with Crippen molar-refractivity contribution in [1.29, 1.82) is 0 Å². The molecule has 1 N–H and O–H groups in total. The highest BCUT2D eigenvalue weighted by atomic mass is 16.5. The summed E-state index contributed by atoms with van der Waals surface area (Å²) in [5.74, 6) is 0.904. The van der Waals surface area contributed by atoms with Crippen LogP contribution in [0.1, 0.15) is 22.6 Å². The lowest BCUT2D eigenvalue weighted by molar-refractivity contribution is 0.201. The van der Waals surface area contributed by atoms with Crippen LogP contribution in [-0.4, -0.2) is 46.5 Å². The maximum Gasteiger partial charge on any atom is 0.119 e. The van der Waals surface area contributed by atoms with E-state index < -0.39 is 0 Å². The highest BCUT2D eigenvalue weighted by Crippen LogP contribution is 2.34. The summed E-state index contributed by atoms with van der Waals surface area (Å²) in [6.07, 6.45) is 0. The summed E-state index contributed by atoms with van der Waals surface area (Å²) in [5, 5.41) is 8.96. The van der Waals surface area contributed by atoms with Gasteiger partial charge in [-0.2, -0.15) is 0 Å². The van der Waals surface area contributed by atoms with E-state index in [1.807, 2.05) is 12.1 Å². The van der Waals surface area contributed by atoms with Crippen LogP contribution in [0.3, 0.4) is 0 Å². The molecular formula is C25H30N2O2. The molecule has 0 saturated heterocycles. The van der Waals surface area contributed by atoms with Gasteiger partial charge in [-0.25, -0.2) is 0 Å². The Morgan fingerprint density at radius 2 is 1.03 bits per heavy atom. The molecule has 0 fully saturated rings. The van der Waals surface area contributed by atoms with E-state index in [-0.39, 0.29) is 12.5 Å². The quantitative estimate of drug-likeness (QED) is 0.580. The molecule has 4 heteroatoms. The third-order valence-corrected chi connectivity index (χ3v) is 5.06. The molecular weight excluding hydrogens is 360 g/mol. The van der Waals surface area contributed by atoms with Crippen molar-refractivity contribution in [3.63, 3.8) is 0 Å². The Labute approximate surface area is 174 Å². The standard InChI is InChI=1S/C25H30N2O2/c1-26(2)22-11-5-19(6-12-22)25(20-7-13-23(14-8-20)27(3)4)21-9-15-24(16-10-21)29-18-17-28/h5-16,25,28H,17-18H2,1-4H3. The topological polar surface area (TPSA) is 35.9 Å². The first-order valence-electron chi connectivity index (χ1n) is 9.88. The lowest BCUT2D eigenvalue weighted by atomic mass is 9.85. The number of aliphatic hydroxyl groups excluding tert-OH is 1. The predicted octanol–water partition coefficient (Wildman–Crippen LogP) is 4.37. The van der Waals surface area contributed by atoms with Gasteiger partial charge < -0.3 is 19.6 Å². The lowest BCUT2D eigenvalue weighted by Crippen LogP contribution is -2.10. The maximum atomic E-state index is 8.96. The first kappa shape index (κ1) is 20.7. The number of rotatable bonds is 8. The van der Waals surface area contributed by atoms with Crippen molar-refractivity contribution in [3.05, 3.63) is 89.5 Å². The molecule has 0 radical (unpaired) electrons. The van der Waals surface area contributed by atoms with Crippen LogP contribution < -0.4 is 14.5 Å². The SMILES string of the molecule is CN(C)c1ccc(C(c2ccc(OCCO)cc2)c2ccc(N(C)C)cc2)cc1. The van der Waals surface area contributed by atoms with Gasteiger partial charge in [0.05, 0.1) is 6.61 Å². The molecule has 0 amide bonds. The van der Waals surface area contributed by atoms with Gasteiger partial charge in [0.15, 0.2) is 0 Å². The Morgan fingerprint density at radius 1 is 0.655 bits per heavy atom. The van der Waals surface area contributed by atoms with Crippen molar-refractivity contribution in [2.24, 2.45) is 0 Å². The minimum absolute atomic E-state index is 0.0147. The summed E-state index contributed by atoms with van der Waals surface area (Å²) >= 11 is 0. The number of nitrogens with zero attached hydrogens (tertiary/aromatic N) is 2. The summed E-state index contributed by atoms with van der Waals surface area (Å²) in [7, 11) is 8.21. The van der Waals surface area contributed by atoms with Crippen molar-refractivity contribution in [2.45, 2.75) is 5.92 Å². The van der Waals surface area contributed by atoms with Crippen LogP contribution in [0.5, 0.6) is 5.75 Å². The number of benzene rings is 3. The zero-order valence-electron chi connectivity index (χ0n) is 17.7. The van der Waals surface area contributed by atoms with E-state index in [2.05, 4.69) is 98.7 Å². The Balaban J connectivity index is 1.98. The second-order valence-corrected chi connectivity index (χ2v) is 7.55. The summed E-state index contributed by atoms with van der Waals surface area (Å²) in [5.41, 5.74) is 6.07. The molecule has 3 rings (SSSR count). The fourth-order valence-corrected chi connectivity index (χ4v) is 3.43.